The highest BCUT2D eigenvalue weighted by Crippen LogP contribution is 2.49. The van der Waals surface area contributed by atoms with Crippen LogP contribution >= 0.6 is 12.4 Å². The molecule has 1 saturated heterocycles. The van der Waals surface area contributed by atoms with Crippen molar-refractivity contribution < 1.29 is 43.9 Å². The fourth-order valence-corrected chi connectivity index (χ4v) is 5.72. The standard InChI is InChI=1S/C27H30N2O9.ClH/c1-10-23(31)14(28)7-17(37-10)38-16-9-27(35,11(2)30)8-13-19(16)26(34)20-21(25(13)33)24(32)12-5-4-6-15(36-3)18(12)22(20)29;/h4-6,10,14,16-17,23,31-32,35H,7-9,28-29H2,1-3H3;1H/t10?,14?,16-,17?,23?,27-;/m0./s1. The zero-order valence-corrected chi connectivity index (χ0v) is 22.4. The summed E-state index contributed by atoms with van der Waals surface area (Å²) in [4.78, 5) is 40.4. The van der Waals surface area contributed by atoms with Crippen LogP contribution in [0, 0.1) is 0 Å². The van der Waals surface area contributed by atoms with Crippen molar-refractivity contribution >= 4 is 46.2 Å². The van der Waals surface area contributed by atoms with Crippen molar-refractivity contribution in [3.05, 3.63) is 40.5 Å². The fraction of sp³-hybridized carbons (Fsp3) is 0.444. The first kappa shape index (κ1) is 28.9. The molecule has 0 saturated carbocycles. The first-order valence-corrected chi connectivity index (χ1v) is 12.3. The van der Waals surface area contributed by atoms with Gasteiger partial charge in [-0.25, -0.2) is 0 Å². The van der Waals surface area contributed by atoms with Crippen LogP contribution in [0.3, 0.4) is 0 Å². The van der Waals surface area contributed by atoms with Gasteiger partial charge in [0.1, 0.15) is 17.1 Å². The number of phenolic OH excluding ortho intramolecular Hbond substituents is 1. The number of aliphatic hydroxyl groups excluding tert-OH is 1. The molecule has 2 aromatic carbocycles. The van der Waals surface area contributed by atoms with E-state index < -0.39 is 65.8 Å². The number of Topliss-reactive ketones (excluding diaryl/α,β-unsaturated/α-hetero) is 3. The molecule has 0 radical (unpaired) electrons. The van der Waals surface area contributed by atoms with Crippen molar-refractivity contribution in [3.63, 3.8) is 0 Å². The van der Waals surface area contributed by atoms with Gasteiger partial charge in [0.05, 0.1) is 47.6 Å². The molecule has 11 nitrogen and oxygen atoms in total. The van der Waals surface area contributed by atoms with Gasteiger partial charge in [0, 0.05) is 41.8 Å². The summed E-state index contributed by atoms with van der Waals surface area (Å²) in [5, 5.41) is 33.0. The predicted octanol–water partition coefficient (Wildman–Crippen LogP) is 1.56. The molecule has 7 N–H and O–H groups in total. The SMILES string of the molecule is COc1cccc2c(O)c3c(c(N)c12)C(=O)C1=C(C[C@@](O)(C(C)=O)C[C@@H]1OC1CC(N)C(O)C(C)O1)C3=O.Cl. The lowest BCUT2D eigenvalue weighted by Crippen LogP contribution is -2.54. The molecule has 6 atom stereocenters. The molecule has 3 aliphatic rings. The van der Waals surface area contributed by atoms with Gasteiger partial charge < -0.3 is 41.0 Å². The van der Waals surface area contributed by atoms with Crippen molar-refractivity contribution in [2.24, 2.45) is 5.73 Å². The Hall–Kier alpha value is -3.06. The van der Waals surface area contributed by atoms with Crippen LogP contribution in [0.15, 0.2) is 29.3 Å². The highest BCUT2D eigenvalue weighted by Gasteiger charge is 2.51. The zero-order valence-electron chi connectivity index (χ0n) is 21.6. The third-order valence-electron chi connectivity index (χ3n) is 7.86. The number of carbonyl (C=O) groups excluding carboxylic acids is 3. The minimum Gasteiger partial charge on any atom is -0.506 e. The van der Waals surface area contributed by atoms with Gasteiger partial charge in [-0.1, -0.05) is 12.1 Å². The van der Waals surface area contributed by atoms with Crippen LogP contribution in [0.25, 0.3) is 10.8 Å². The molecule has 2 aromatic rings. The topological polar surface area (TPSA) is 192 Å². The molecule has 1 heterocycles. The quantitative estimate of drug-likeness (QED) is 0.268. The van der Waals surface area contributed by atoms with Crippen molar-refractivity contribution in [3.8, 4) is 11.5 Å². The second-order valence-corrected chi connectivity index (χ2v) is 10.2. The number of rotatable bonds is 4. The number of halogens is 1. The Morgan fingerprint density at radius 2 is 1.90 bits per heavy atom. The smallest absolute Gasteiger partial charge is 0.195 e. The highest BCUT2D eigenvalue weighted by atomic mass is 35.5. The molecule has 1 fully saturated rings. The van der Waals surface area contributed by atoms with Crippen LogP contribution in [0.2, 0.25) is 0 Å². The number of aromatic hydroxyl groups is 1. The molecule has 0 bridgehead atoms. The number of ketones is 3. The molecule has 2 aliphatic carbocycles. The lowest BCUT2D eigenvalue weighted by molar-refractivity contribution is -0.239. The minimum atomic E-state index is -2.00. The zero-order chi connectivity index (χ0) is 27.7. The number of anilines is 1. The summed E-state index contributed by atoms with van der Waals surface area (Å²) >= 11 is 0. The number of nitrogen functional groups attached to an aromatic ring is 1. The monoisotopic (exact) mass is 562 g/mol. The Kier molecular flexibility index (Phi) is 7.54. The van der Waals surface area contributed by atoms with E-state index in [1.165, 1.54) is 14.0 Å². The number of hydrogen-bond donors (Lipinski definition) is 5. The molecular formula is C27H31ClN2O9. The van der Waals surface area contributed by atoms with Gasteiger partial charge >= 0.3 is 0 Å². The van der Waals surface area contributed by atoms with Crippen molar-refractivity contribution in [2.45, 2.75) is 69.4 Å². The van der Waals surface area contributed by atoms with Crippen LogP contribution in [-0.4, -0.2) is 76.0 Å². The first-order valence-electron chi connectivity index (χ1n) is 12.3. The van der Waals surface area contributed by atoms with Gasteiger partial charge in [-0.15, -0.1) is 12.4 Å². The number of aliphatic hydroxyl groups is 2. The Morgan fingerprint density at radius 3 is 2.51 bits per heavy atom. The number of carbonyl (C=O) groups is 3. The normalized spacial score (nSPS) is 30.5. The van der Waals surface area contributed by atoms with E-state index in [1.807, 2.05) is 0 Å². The van der Waals surface area contributed by atoms with Crippen molar-refractivity contribution in [2.75, 3.05) is 12.8 Å². The number of methoxy groups -OCH3 is 1. The van der Waals surface area contributed by atoms with Crippen LogP contribution in [-0.2, 0) is 14.3 Å². The summed E-state index contributed by atoms with van der Waals surface area (Å²) in [7, 11) is 1.42. The molecule has 4 unspecified atom stereocenters. The number of fused-ring (bicyclic) bond motifs is 2. The van der Waals surface area contributed by atoms with Crippen LogP contribution in [0.5, 0.6) is 11.5 Å². The summed E-state index contributed by atoms with van der Waals surface area (Å²) < 4.78 is 17.2. The molecule has 0 aromatic heterocycles. The largest absolute Gasteiger partial charge is 0.506 e. The molecule has 0 spiro atoms. The molecule has 1 aliphatic heterocycles. The number of nitrogens with two attached hydrogens (primary N) is 2. The molecular weight excluding hydrogens is 532 g/mol. The Labute approximate surface area is 230 Å². The Balaban J connectivity index is 0.00000353. The van der Waals surface area contributed by atoms with E-state index in [-0.39, 0.29) is 64.0 Å². The third kappa shape index (κ3) is 4.39. The lowest BCUT2D eigenvalue weighted by atomic mass is 9.69. The lowest BCUT2D eigenvalue weighted by Gasteiger charge is -2.42. The van der Waals surface area contributed by atoms with Crippen molar-refractivity contribution in [1.82, 2.24) is 0 Å². The summed E-state index contributed by atoms with van der Waals surface area (Å²) in [6.45, 7) is 2.80. The average molecular weight is 563 g/mol. The highest BCUT2D eigenvalue weighted by molar-refractivity contribution is 6.33. The van der Waals surface area contributed by atoms with Crippen LogP contribution in [0.4, 0.5) is 5.69 Å². The number of hydrogen-bond acceptors (Lipinski definition) is 11. The van der Waals surface area contributed by atoms with E-state index in [0.29, 0.717) is 5.75 Å². The second kappa shape index (κ2) is 10.2. The van der Waals surface area contributed by atoms with Gasteiger partial charge in [0.2, 0.25) is 0 Å². The molecule has 210 valence electrons. The summed E-state index contributed by atoms with van der Waals surface area (Å²) in [6, 6.07) is 4.09. The predicted molar refractivity (Wildman–Crippen MR) is 142 cm³/mol. The molecule has 0 amide bonds. The van der Waals surface area contributed by atoms with E-state index >= 15 is 0 Å². The maximum Gasteiger partial charge on any atom is 0.195 e. The maximum absolute atomic E-state index is 14.0. The van der Waals surface area contributed by atoms with Gasteiger partial charge in [0.15, 0.2) is 23.6 Å². The summed E-state index contributed by atoms with van der Waals surface area (Å²) in [6.07, 6.45) is -4.49. The number of ether oxygens (including phenoxy) is 3. The van der Waals surface area contributed by atoms with E-state index in [0.717, 1.165) is 0 Å². The molecule has 39 heavy (non-hydrogen) atoms. The van der Waals surface area contributed by atoms with Gasteiger partial charge in [-0.05, 0) is 19.9 Å². The van der Waals surface area contributed by atoms with E-state index in [9.17, 15) is 29.7 Å². The van der Waals surface area contributed by atoms with Gasteiger partial charge in [0.25, 0.3) is 0 Å². The third-order valence-corrected chi connectivity index (χ3v) is 7.86. The fourth-order valence-electron chi connectivity index (χ4n) is 5.72. The van der Waals surface area contributed by atoms with Crippen molar-refractivity contribution in [1.29, 1.82) is 0 Å². The Morgan fingerprint density at radius 1 is 1.21 bits per heavy atom. The van der Waals surface area contributed by atoms with Crippen LogP contribution in [0.1, 0.15) is 53.8 Å². The number of benzene rings is 2. The van der Waals surface area contributed by atoms with Crippen LogP contribution < -0.4 is 16.2 Å². The first-order chi connectivity index (χ1) is 17.9. The van der Waals surface area contributed by atoms with E-state index in [2.05, 4.69) is 0 Å². The minimum absolute atomic E-state index is 0. The Bertz CT molecular complexity index is 1410. The van der Waals surface area contributed by atoms with Gasteiger partial charge in [-0.2, -0.15) is 0 Å². The van der Waals surface area contributed by atoms with Gasteiger partial charge in [-0.3, -0.25) is 14.4 Å². The summed E-state index contributed by atoms with van der Waals surface area (Å²) in [5.74, 6) is -2.16. The van der Waals surface area contributed by atoms with E-state index in [4.69, 9.17) is 25.7 Å². The maximum atomic E-state index is 14.0. The molecule has 5 rings (SSSR count). The second-order valence-electron chi connectivity index (χ2n) is 10.2. The summed E-state index contributed by atoms with van der Waals surface area (Å²) in [5.41, 5.74) is 9.72. The molecule has 12 heteroatoms. The van der Waals surface area contributed by atoms with E-state index in [1.54, 1.807) is 25.1 Å². The average Bonchev–Trinajstić information content (AvgIpc) is 2.87. The number of phenols is 1.